The van der Waals surface area contributed by atoms with E-state index in [0.29, 0.717) is 11.3 Å². The number of esters is 2. The highest BCUT2D eigenvalue weighted by molar-refractivity contribution is 8.00. The number of benzene rings is 1. The van der Waals surface area contributed by atoms with Gasteiger partial charge in [0.1, 0.15) is 16.1 Å². The van der Waals surface area contributed by atoms with E-state index in [4.69, 9.17) is 14.2 Å². The molecule has 0 bridgehead atoms. The van der Waals surface area contributed by atoms with Crippen LogP contribution in [-0.2, 0) is 24.8 Å². The highest BCUT2D eigenvalue weighted by Crippen LogP contribution is 2.33. The van der Waals surface area contributed by atoms with Gasteiger partial charge in [0.05, 0.1) is 13.7 Å². The summed E-state index contributed by atoms with van der Waals surface area (Å²) in [4.78, 5) is 24.9. The summed E-state index contributed by atoms with van der Waals surface area (Å²) in [6, 6.07) is 7.64. The van der Waals surface area contributed by atoms with Gasteiger partial charge in [-0.05, 0) is 65.3 Å². The Morgan fingerprint density at radius 2 is 1.70 bits per heavy atom. The number of thioether (sulfide) groups is 1. The molecule has 5 nitrogen and oxygen atoms in total. The van der Waals surface area contributed by atoms with Gasteiger partial charge in [-0.3, -0.25) is 4.79 Å². The lowest BCUT2D eigenvalue weighted by Gasteiger charge is -2.25. The Morgan fingerprint density at radius 3 is 2.19 bits per heavy atom. The normalized spacial score (nSPS) is 14.3. The smallest absolute Gasteiger partial charge is 0.333 e. The van der Waals surface area contributed by atoms with Crippen molar-refractivity contribution >= 4 is 23.7 Å². The maximum atomic E-state index is 12.6. The van der Waals surface area contributed by atoms with Gasteiger partial charge in [-0.15, -0.1) is 11.8 Å². The van der Waals surface area contributed by atoms with E-state index >= 15 is 0 Å². The molecule has 0 unspecified atom stereocenters. The van der Waals surface area contributed by atoms with Crippen LogP contribution in [0.4, 0.5) is 0 Å². The third kappa shape index (κ3) is 7.67. The van der Waals surface area contributed by atoms with Gasteiger partial charge in [0, 0.05) is 11.3 Å². The SMILES string of the molecule is CCOC(=O)[C@](C)(/C=C(\C)C(=O)OC(C)(C)C)SCc1ccc(OC)cc1. The van der Waals surface area contributed by atoms with E-state index < -0.39 is 16.3 Å². The number of methoxy groups -OCH3 is 1. The molecule has 1 aromatic rings. The topological polar surface area (TPSA) is 61.8 Å². The molecule has 0 aliphatic heterocycles. The molecule has 0 saturated carbocycles. The van der Waals surface area contributed by atoms with Gasteiger partial charge in [0.2, 0.25) is 0 Å². The first-order valence-electron chi connectivity index (χ1n) is 8.87. The fraction of sp³-hybridized carbons (Fsp3) is 0.524. The van der Waals surface area contributed by atoms with Crippen LogP contribution in [0, 0.1) is 0 Å². The summed E-state index contributed by atoms with van der Waals surface area (Å²) < 4.78 is 14.8. The van der Waals surface area contributed by atoms with Crippen LogP contribution in [0.5, 0.6) is 5.75 Å². The summed E-state index contributed by atoms with van der Waals surface area (Å²) in [5, 5.41) is 0. The molecule has 1 aromatic carbocycles. The molecular formula is C21H30O5S. The van der Waals surface area contributed by atoms with E-state index in [0.717, 1.165) is 11.3 Å². The first-order chi connectivity index (χ1) is 12.5. The maximum absolute atomic E-state index is 12.6. The van der Waals surface area contributed by atoms with Crippen molar-refractivity contribution < 1.29 is 23.8 Å². The van der Waals surface area contributed by atoms with Crippen molar-refractivity contribution in [1.82, 2.24) is 0 Å². The number of hydrogen-bond donors (Lipinski definition) is 0. The molecular weight excluding hydrogens is 364 g/mol. The zero-order chi connectivity index (χ0) is 20.7. The zero-order valence-electron chi connectivity index (χ0n) is 17.3. The molecule has 0 heterocycles. The van der Waals surface area contributed by atoms with E-state index in [1.54, 1.807) is 54.7 Å². The molecule has 0 radical (unpaired) electrons. The van der Waals surface area contributed by atoms with Gasteiger partial charge in [-0.25, -0.2) is 4.79 Å². The van der Waals surface area contributed by atoms with Crippen LogP contribution in [0.25, 0.3) is 0 Å². The molecule has 1 atom stereocenters. The predicted octanol–water partition coefficient (Wildman–Crippen LogP) is 4.54. The fourth-order valence-electron chi connectivity index (χ4n) is 2.22. The zero-order valence-corrected chi connectivity index (χ0v) is 18.1. The average Bonchev–Trinajstić information content (AvgIpc) is 2.59. The van der Waals surface area contributed by atoms with Crippen LogP contribution in [0.3, 0.4) is 0 Å². The van der Waals surface area contributed by atoms with Gasteiger partial charge in [-0.2, -0.15) is 0 Å². The molecule has 0 spiro atoms. The molecule has 0 aliphatic rings. The molecule has 6 heteroatoms. The third-order valence-electron chi connectivity index (χ3n) is 3.59. The van der Waals surface area contributed by atoms with E-state index in [1.165, 1.54) is 11.8 Å². The van der Waals surface area contributed by atoms with Crippen molar-refractivity contribution in [3.8, 4) is 5.75 Å². The number of carbonyl (C=O) groups is 2. The second-order valence-corrected chi connectivity index (χ2v) is 8.72. The molecule has 0 N–H and O–H groups in total. The van der Waals surface area contributed by atoms with Gasteiger partial charge >= 0.3 is 11.9 Å². The molecule has 150 valence electrons. The summed E-state index contributed by atoms with van der Waals surface area (Å²) in [7, 11) is 1.62. The summed E-state index contributed by atoms with van der Waals surface area (Å²) in [5.74, 6) is 0.532. The standard InChI is InChI=1S/C21H30O5S/c1-8-25-19(23)21(6,13-15(2)18(22)26-20(3,4)5)27-14-16-9-11-17(24-7)12-10-16/h9-13H,8,14H2,1-7H3/b15-13+/t21-/m0/s1. The molecule has 0 amide bonds. The quantitative estimate of drug-likeness (QED) is 0.477. The summed E-state index contributed by atoms with van der Waals surface area (Å²) >= 11 is 1.40. The average molecular weight is 395 g/mol. The second-order valence-electron chi connectivity index (χ2n) is 7.29. The number of ether oxygens (including phenoxy) is 3. The van der Waals surface area contributed by atoms with E-state index in [-0.39, 0.29) is 12.6 Å². The molecule has 0 aliphatic carbocycles. The van der Waals surface area contributed by atoms with Crippen LogP contribution in [0.1, 0.15) is 47.1 Å². The van der Waals surface area contributed by atoms with Gasteiger partial charge in [-0.1, -0.05) is 12.1 Å². The van der Waals surface area contributed by atoms with Crippen LogP contribution in [0.2, 0.25) is 0 Å². The van der Waals surface area contributed by atoms with Crippen molar-refractivity contribution in [2.75, 3.05) is 13.7 Å². The van der Waals surface area contributed by atoms with Crippen LogP contribution in [0.15, 0.2) is 35.9 Å². The van der Waals surface area contributed by atoms with Gasteiger partial charge < -0.3 is 14.2 Å². The first kappa shape index (κ1) is 23.1. The Bertz CT molecular complexity index is 673. The van der Waals surface area contributed by atoms with Crippen LogP contribution < -0.4 is 4.74 Å². The summed E-state index contributed by atoms with van der Waals surface area (Å²) in [5.41, 5.74) is 0.824. The molecule has 0 fully saturated rings. The molecule has 0 aromatic heterocycles. The second kappa shape index (κ2) is 9.83. The number of hydrogen-bond acceptors (Lipinski definition) is 6. The molecule has 1 rings (SSSR count). The van der Waals surface area contributed by atoms with Crippen LogP contribution >= 0.6 is 11.8 Å². The van der Waals surface area contributed by atoms with Crippen LogP contribution in [-0.4, -0.2) is 36.0 Å². The Balaban J connectivity index is 3.00. The number of rotatable bonds is 8. The van der Waals surface area contributed by atoms with E-state index in [2.05, 4.69) is 0 Å². The van der Waals surface area contributed by atoms with Crippen molar-refractivity contribution in [2.45, 2.75) is 57.6 Å². The molecule has 0 saturated heterocycles. The first-order valence-corrected chi connectivity index (χ1v) is 9.86. The predicted molar refractivity (Wildman–Crippen MR) is 109 cm³/mol. The number of carbonyl (C=O) groups excluding carboxylic acids is 2. The monoisotopic (exact) mass is 394 g/mol. The molecule has 27 heavy (non-hydrogen) atoms. The van der Waals surface area contributed by atoms with E-state index in [9.17, 15) is 9.59 Å². The Labute approximate surface area is 166 Å². The minimum Gasteiger partial charge on any atom is -0.497 e. The van der Waals surface area contributed by atoms with Crippen molar-refractivity contribution in [2.24, 2.45) is 0 Å². The summed E-state index contributed by atoms with van der Waals surface area (Å²) in [6.45, 7) is 10.9. The lowest BCUT2D eigenvalue weighted by atomic mass is 10.1. The lowest BCUT2D eigenvalue weighted by molar-refractivity contribution is -0.149. The highest BCUT2D eigenvalue weighted by atomic mass is 32.2. The van der Waals surface area contributed by atoms with Gasteiger partial charge in [0.25, 0.3) is 0 Å². The van der Waals surface area contributed by atoms with Gasteiger partial charge in [0.15, 0.2) is 0 Å². The van der Waals surface area contributed by atoms with Crippen molar-refractivity contribution in [3.63, 3.8) is 0 Å². The summed E-state index contributed by atoms with van der Waals surface area (Å²) in [6.07, 6.45) is 1.63. The minimum absolute atomic E-state index is 0.275. The van der Waals surface area contributed by atoms with E-state index in [1.807, 2.05) is 24.3 Å². The Kier molecular flexibility index (Phi) is 8.41. The van der Waals surface area contributed by atoms with Crippen molar-refractivity contribution in [3.05, 3.63) is 41.5 Å². The fourth-order valence-corrected chi connectivity index (χ4v) is 3.32. The highest BCUT2D eigenvalue weighted by Gasteiger charge is 2.34. The minimum atomic E-state index is -1.00. The Morgan fingerprint density at radius 1 is 1.11 bits per heavy atom. The van der Waals surface area contributed by atoms with Crippen molar-refractivity contribution in [1.29, 1.82) is 0 Å². The Hall–Kier alpha value is -1.95. The maximum Gasteiger partial charge on any atom is 0.333 e. The third-order valence-corrected chi connectivity index (χ3v) is 4.95. The lowest BCUT2D eigenvalue weighted by Crippen LogP contribution is -2.33. The largest absolute Gasteiger partial charge is 0.497 e.